The van der Waals surface area contributed by atoms with E-state index in [1.165, 1.54) is 0 Å². The molecule has 0 saturated heterocycles. The van der Waals surface area contributed by atoms with Gasteiger partial charge in [-0.2, -0.15) is 0 Å². The maximum absolute atomic E-state index is 10.0. The summed E-state index contributed by atoms with van der Waals surface area (Å²) in [5, 5.41) is 18.3. The second kappa shape index (κ2) is 3.87. The average molecular weight is 217 g/mol. The Morgan fingerprint density at radius 1 is 1.19 bits per heavy atom. The number of hydrogen-bond acceptors (Lipinski definition) is 3. The molecule has 1 aromatic heterocycles. The Hall–Kier alpha value is -1.42. The summed E-state index contributed by atoms with van der Waals surface area (Å²) >= 11 is 0. The van der Waals surface area contributed by atoms with Crippen molar-refractivity contribution < 1.29 is 5.11 Å². The highest BCUT2D eigenvalue weighted by molar-refractivity contribution is 5.74. The molecule has 1 aromatic carbocycles. The number of fused-ring (bicyclic) bond motifs is 1. The first kappa shape index (κ1) is 9.78. The Kier molecular flexibility index (Phi) is 2.36. The van der Waals surface area contributed by atoms with Crippen molar-refractivity contribution in [3.63, 3.8) is 0 Å². The fourth-order valence-electron chi connectivity index (χ4n) is 2.51. The minimum absolute atomic E-state index is 0.0983. The van der Waals surface area contributed by atoms with Crippen LogP contribution in [-0.4, -0.2) is 26.2 Å². The SMILES string of the molecule is O[C@H]1CCCC[C@H]1n1nnc2ccccc21. The van der Waals surface area contributed by atoms with E-state index in [9.17, 15) is 5.11 Å². The van der Waals surface area contributed by atoms with Crippen LogP contribution in [0, 0.1) is 0 Å². The first-order valence-electron chi connectivity index (χ1n) is 5.84. The van der Waals surface area contributed by atoms with Crippen LogP contribution < -0.4 is 0 Å². The quantitative estimate of drug-likeness (QED) is 0.793. The molecule has 1 saturated carbocycles. The highest BCUT2D eigenvalue weighted by Gasteiger charge is 2.26. The van der Waals surface area contributed by atoms with E-state index in [2.05, 4.69) is 10.3 Å². The standard InChI is InChI=1S/C12H15N3O/c16-12-8-4-3-7-11(12)15-10-6-2-1-5-9(10)13-14-15/h1-2,5-6,11-12,16H,3-4,7-8H2/t11-,12+/m1/s1. The van der Waals surface area contributed by atoms with E-state index in [0.717, 1.165) is 36.7 Å². The van der Waals surface area contributed by atoms with E-state index in [1.54, 1.807) is 0 Å². The third-order valence-corrected chi connectivity index (χ3v) is 3.39. The molecule has 0 bridgehead atoms. The molecule has 2 atom stereocenters. The molecule has 3 rings (SSSR count). The molecule has 1 aliphatic carbocycles. The lowest BCUT2D eigenvalue weighted by atomic mass is 9.92. The lowest BCUT2D eigenvalue weighted by Crippen LogP contribution is -2.28. The number of rotatable bonds is 1. The van der Waals surface area contributed by atoms with Gasteiger partial charge in [0.15, 0.2) is 0 Å². The normalized spacial score (nSPS) is 26.1. The fourth-order valence-corrected chi connectivity index (χ4v) is 2.51. The van der Waals surface area contributed by atoms with Crippen LogP contribution >= 0.6 is 0 Å². The number of aliphatic hydroxyl groups excluding tert-OH is 1. The second-order valence-electron chi connectivity index (χ2n) is 4.44. The highest BCUT2D eigenvalue weighted by Crippen LogP contribution is 2.30. The van der Waals surface area contributed by atoms with Crippen molar-refractivity contribution in [1.82, 2.24) is 15.0 Å². The number of aromatic nitrogens is 3. The van der Waals surface area contributed by atoms with E-state index >= 15 is 0 Å². The molecule has 4 heteroatoms. The molecule has 4 nitrogen and oxygen atoms in total. The summed E-state index contributed by atoms with van der Waals surface area (Å²) in [7, 11) is 0. The van der Waals surface area contributed by atoms with Crippen molar-refractivity contribution in [2.24, 2.45) is 0 Å². The third kappa shape index (κ3) is 1.50. The maximum atomic E-state index is 10.0. The molecular weight excluding hydrogens is 202 g/mol. The monoisotopic (exact) mass is 217 g/mol. The molecule has 1 heterocycles. The molecule has 0 unspecified atom stereocenters. The van der Waals surface area contributed by atoms with Gasteiger partial charge >= 0.3 is 0 Å². The minimum atomic E-state index is -0.279. The van der Waals surface area contributed by atoms with Crippen molar-refractivity contribution in [2.75, 3.05) is 0 Å². The summed E-state index contributed by atoms with van der Waals surface area (Å²) in [6.45, 7) is 0. The van der Waals surface area contributed by atoms with Gasteiger partial charge < -0.3 is 5.11 Å². The van der Waals surface area contributed by atoms with Gasteiger partial charge in [0.2, 0.25) is 0 Å². The maximum Gasteiger partial charge on any atom is 0.113 e. The largest absolute Gasteiger partial charge is 0.391 e. The van der Waals surface area contributed by atoms with Crippen LogP contribution in [0.4, 0.5) is 0 Å². The molecule has 0 aliphatic heterocycles. The predicted molar refractivity (Wildman–Crippen MR) is 61.0 cm³/mol. The molecule has 1 fully saturated rings. The zero-order chi connectivity index (χ0) is 11.0. The van der Waals surface area contributed by atoms with Crippen molar-refractivity contribution in [2.45, 2.75) is 37.8 Å². The van der Waals surface area contributed by atoms with Crippen molar-refractivity contribution >= 4 is 11.0 Å². The van der Waals surface area contributed by atoms with Gasteiger partial charge in [0, 0.05) is 0 Å². The molecule has 1 aliphatic rings. The van der Waals surface area contributed by atoms with Crippen molar-refractivity contribution in [3.05, 3.63) is 24.3 Å². The van der Waals surface area contributed by atoms with E-state index in [0.29, 0.717) is 0 Å². The number of para-hydroxylation sites is 1. The van der Waals surface area contributed by atoms with E-state index in [4.69, 9.17) is 0 Å². The van der Waals surface area contributed by atoms with Crippen LogP contribution in [0.15, 0.2) is 24.3 Å². The molecule has 0 amide bonds. The fraction of sp³-hybridized carbons (Fsp3) is 0.500. The van der Waals surface area contributed by atoms with E-state index in [-0.39, 0.29) is 12.1 Å². The zero-order valence-corrected chi connectivity index (χ0v) is 9.08. The Labute approximate surface area is 93.9 Å². The molecule has 16 heavy (non-hydrogen) atoms. The predicted octanol–water partition coefficient (Wildman–Crippen LogP) is 1.91. The second-order valence-corrected chi connectivity index (χ2v) is 4.44. The number of nitrogens with zero attached hydrogens (tertiary/aromatic N) is 3. The summed E-state index contributed by atoms with van der Waals surface area (Å²) in [6, 6.07) is 8.00. The summed E-state index contributed by atoms with van der Waals surface area (Å²) in [5.41, 5.74) is 1.92. The smallest absolute Gasteiger partial charge is 0.113 e. The van der Waals surface area contributed by atoms with E-state index < -0.39 is 0 Å². The van der Waals surface area contributed by atoms with Crippen molar-refractivity contribution in [3.8, 4) is 0 Å². The highest BCUT2D eigenvalue weighted by atomic mass is 16.3. The lowest BCUT2D eigenvalue weighted by Gasteiger charge is -2.27. The topological polar surface area (TPSA) is 50.9 Å². The van der Waals surface area contributed by atoms with Gasteiger partial charge in [-0.1, -0.05) is 30.2 Å². The van der Waals surface area contributed by atoms with Gasteiger partial charge in [-0.05, 0) is 25.0 Å². The summed E-state index contributed by atoms with van der Waals surface area (Å²) < 4.78 is 1.89. The third-order valence-electron chi connectivity index (χ3n) is 3.39. The summed E-state index contributed by atoms with van der Waals surface area (Å²) in [5.74, 6) is 0. The van der Waals surface area contributed by atoms with Gasteiger partial charge in [-0.25, -0.2) is 4.68 Å². The molecule has 0 radical (unpaired) electrons. The van der Waals surface area contributed by atoms with Crippen LogP contribution in [0.2, 0.25) is 0 Å². The first-order chi connectivity index (χ1) is 7.86. The lowest BCUT2D eigenvalue weighted by molar-refractivity contribution is 0.0706. The zero-order valence-electron chi connectivity index (χ0n) is 9.08. The Bertz CT molecular complexity index is 494. The summed E-state index contributed by atoms with van der Waals surface area (Å²) in [4.78, 5) is 0. The molecular formula is C12H15N3O. The number of aliphatic hydroxyl groups is 1. The van der Waals surface area contributed by atoms with Crippen LogP contribution in [0.25, 0.3) is 11.0 Å². The number of hydrogen-bond donors (Lipinski definition) is 1. The summed E-state index contributed by atoms with van der Waals surface area (Å²) in [6.07, 6.45) is 3.87. The molecule has 84 valence electrons. The average Bonchev–Trinajstić information content (AvgIpc) is 2.74. The van der Waals surface area contributed by atoms with Gasteiger partial charge in [0.25, 0.3) is 0 Å². The molecule has 1 N–H and O–H groups in total. The molecule has 0 spiro atoms. The first-order valence-corrected chi connectivity index (χ1v) is 5.84. The van der Waals surface area contributed by atoms with Gasteiger partial charge in [-0.15, -0.1) is 5.10 Å². The van der Waals surface area contributed by atoms with Gasteiger partial charge in [0.05, 0.1) is 17.7 Å². The van der Waals surface area contributed by atoms with Gasteiger partial charge in [0.1, 0.15) is 5.52 Å². The molecule has 2 aromatic rings. The van der Waals surface area contributed by atoms with Crippen LogP contribution in [0.5, 0.6) is 0 Å². The van der Waals surface area contributed by atoms with Gasteiger partial charge in [-0.3, -0.25) is 0 Å². The number of benzene rings is 1. The van der Waals surface area contributed by atoms with Crippen molar-refractivity contribution in [1.29, 1.82) is 0 Å². The Morgan fingerprint density at radius 2 is 2.00 bits per heavy atom. The Morgan fingerprint density at radius 3 is 2.88 bits per heavy atom. The van der Waals surface area contributed by atoms with Crippen LogP contribution in [0.1, 0.15) is 31.7 Å². The van der Waals surface area contributed by atoms with Crippen LogP contribution in [-0.2, 0) is 0 Å². The minimum Gasteiger partial charge on any atom is -0.391 e. The van der Waals surface area contributed by atoms with E-state index in [1.807, 2.05) is 28.9 Å². The Balaban J connectivity index is 2.04. The van der Waals surface area contributed by atoms with Crippen LogP contribution in [0.3, 0.4) is 0 Å².